The molecule has 1 N–H and O–H groups in total. The number of benzene rings is 1. The maximum Gasteiger partial charge on any atom is 0.262 e. The Balaban J connectivity index is 1.62. The smallest absolute Gasteiger partial charge is 0.262 e. The summed E-state index contributed by atoms with van der Waals surface area (Å²) in [5.41, 5.74) is 0. The van der Waals surface area contributed by atoms with Crippen molar-refractivity contribution < 1.29 is 4.79 Å². The van der Waals surface area contributed by atoms with Gasteiger partial charge in [-0.05, 0) is 37.7 Å². The Labute approximate surface area is 138 Å². The number of nitriles is 1. The third-order valence-electron chi connectivity index (χ3n) is 4.32. The minimum atomic E-state index is -0.0893. The predicted molar refractivity (Wildman–Crippen MR) is 90.2 cm³/mol. The number of halogens is 1. The summed E-state index contributed by atoms with van der Waals surface area (Å²) in [7, 11) is 0. The van der Waals surface area contributed by atoms with E-state index in [-0.39, 0.29) is 11.8 Å². The van der Waals surface area contributed by atoms with Gasteiger partial charge in [-0.2, -0.15) is 5.26 Å². The van der Waals surface area contributed by atoms with Gasteiger partial charge in [0.25, 0.3) is 5.91 Å². The van der Waals surface area contributed by atoms with Gasteiger partial charge in [-0.1, -0.05) is 29.8 Å². The molecule has 1 fully saturated rings. The van der Waals surface area contributed by atoms with Crippen LogP contribution in [-0.4, -0.2) is 12.5 Å². The van der Waals surface area contributed by atoms with Crippen LogP contribution in [0.1, 0.15) is 35.4 Å². The Morgan fingerprint density at radius 2 is 2.05 bits per heavy atom. The van der Waals surface area contributed by atoms with Gasteiger partial charge < -0.3 is 5.32 Å². The van der Waals surface area contributed by atoms with Crippen LogP contribution >= 0.6 is 22.9 Å². The number of nitrogens with zero attached hydrogens (tertiary/aromatic N) is 1. The van der Waals surface area contributed by atoms with E-state index < -0.39 is 0 Å². The zero-order valence-electron chi connectivity index (χ0n) is 12.1. The monoisotopic (exact) mass is 332 g/mol. The number of fused-ring (bicyclic) bond motifs is 1. The average Bonchev–Trinajstić information content (AvgIpc) is 2.90. The second-order valence-electron chi connectivity index (χ2n) is 5.80. The van der Waals surface area contributed by atoms with Gasteiger partial charge in [-0.15, -0.1) is 11.3 Å². The van der Waals surface area contributed by atoms with Crippen LogP contribution in [0, 0.1) is 23.2 Å². The molecular weight excluding hydrogens is 316 g/mol. The molecule has 0 bridgehead atoms. The van der Waals surface area contributed by atoms with E-state index in [1.165, 1.54) is 11.3 Å². The summed E-state index contributed by atoms with van der Waals surface area (Å²) < 4.78 is 1.03. The van der Waals surface area contributed by atoms with Crippen molar-refractivity contribution in [3.05, 3.63) is 34.2 Å². The molecule has 0 radical (unpaired) electrons. The summed E-state index contributed by atoms with van der Waals surface area (Å²) in [5.74, 6) is 0.583. The molecule has 1 aromatic carbocycles. The molecule has 1 aliphatic carbocycles. The fourth-order valence-corrected chi connectivity index (χ4v) is 4.41. The Hall–Kier alpha value is -1.57. The first-order valence-electron chi connectivity index (χ1n) is 7.54. The molecule has 22 heavy (non-hydrogen) atoms. The van der Waals surface area contributed by atoms with Gasteiger partial charge >= 0.3 is 0 Å². The first-order chi connectivity index (χ1) is 10.7. The third kappa shape index (κ3) is 3.11. The highest BCUT2D eigenvalue weighted by Crippen LogP contribution is 2.35. The Bertz CT molecular complexity index is 726. The second kappa shape index (κ2) is 6.68. The Morgan fingerprint density at radius 1 is 1.32 bits per heavy atom. The van der Waals surface area contributed by atoms with Gasteiger partial charge in [0.05, 0.1) is 11.1 Å². The van der Waals surface area contributed by atoms with Crippen LogP contribution in [-0.2, 0) is 0 Å². The average molecular weight is 333 g/mol. The first kappa shape index (κ1) is 15.3. The maximum absolute atomic E-state index is 12.4. The van der Waals surface area contributed by atoms with Gasteiger partial charge in [0, 0.05) is 22.5 Å². The molecule has 0 saturated heterocycles. The highest BCUT2D eigenvalue weighted by molar-refractivity contribution is 7.21. The number of hydrogen-bond acceptors (Lipinski definition) is 3. The van der Waals surface area contributed by atoms with Gasteiger partial charge in [-0.25, -0.2) is 0 Å². The standard InChI is InChI=1S/C17H17ClN2OS/c18-15-13-3-1-2-4-14(13)22-16(15)17(21)20-10-12-7-5-11(9-19)6-8-12/h1-4,11-12H,5-8,10H2,(H,20,21). The van der Waals surface area contributed by atoms with E-state index in [4.69, 9.17) is 16.9 Å². The number of hydrogen-bond donors (Lipinski definition) is 1. The fraction of sp³-hybridized carbons (Fsp3) is 0.412. The van der Waals surface area contributed by atoms with Crippen molar-refractivity contribution in [3.63, 3.8) is 0 Å². The highest BCUT2D eigenvalue weighted by atomic mass is 35.5. The fourth-order valence-electron chi connectivity index (χ4n) is 2.97. The van der Waals surface area contributed by atoms with E-state index in [9.17, 15) is 4.79 Å². The summed E-state index contributed by atoms with van der Waals surface area (Å²) in [6, 6.07) is 10.1. The van der Waals surface area contributed by atoms with Crippen LogP contribution < -0.4 is 5.32 Å². The van der Waals surface area contributed by atoms with Crippen molar-refractivity contribution in [1.29, 1.82) is 5.26 Å². The molecule has 1 amide bonds. The predicted octanol–water partition coefficient (Wildman–Crippen LogP) is 4.61. The molecule has 3 rings (SSSR count). The molecule has 0 aliphatic heterocycles. The molecule has 2 aromatic rings. The van der Waals surface area contributed by atoms with E-state index in [0.717, 1.165) is 35.8 Å². The number of thiophene rings is 1. The van der Waals surface area contributed by atoms with Crippen LogP contribution in [0.25, 0.3) is 10.1 Å². The van der Waals surface area contributed by atoms with Gasteiger partial charge in [0.1, 0.15) is 4.88 Å². The first-order valence-corrected chi connectivity index (χ1v) is 8.73. The minimum Gasteiger partial charge on any atom is -0.351 e. The zero-order chi connectivity index (χ0) is 15.5. The van der Waals surface area contributed by atoms with E-state index in [1.807, 2.05) is 24.3 Å². The highest BCUT2D eigenvalue weighted by Gasteiger charge is 2.22. The van der Waals surface area contributed by atoms with Crippen molar-refractivity contribution in [1.82, 2.24) is 5.32 Å². The number of carbonyl (C=O) groups is 1. The Kier molecular flexibility index (Phi) is 4.66. The van der Waals surface area contributed by atoms with Crippen LogP contribution in [0.2, 0.25) is 5.02 Å². The molecule has 0 atom stereocenters. The molecule has 0 unspecified atom stereocenters. The van der Waals surface area contributed by atoms with Crippen LogP contribution in [0.5, 0.6) is 0 Å². The minimum absolute atomic E-state index is 0.0893. The molecule has 5 heteroatoms. The van der Waals surface area contributed by atoms with Gasteiger partial charge in [0.15, 0.2) is 0 Å². The molecule has 114 valence electrons. The molecule has 1 aromatic heterocycles. The van der Waals surface area contributed by atoms with Crippen molar-refractivity contribution in [3.8, 4) is 6.07 Å². The number of nitrogens with one attached hydrogen (secondary N) is 1. The summed E-state index contributed by atoms with van der Waals surface area (Å²) >= 11 is 7.76. The lowest BCUT2D eigenvalue weighted by Crippen LogP contribution is -2.30. The summed E-state index contributed by atoms with van der Waals surface area (Å²) in [6.07, 6.45) is 3.92. The lowest BCUT2D eigenvalue weighted by Gasteiger charge is -2.24. The van der Waals surface area contributed by atoms with Gasteiger partial charge in [0.2, 0.25) is 0 Å². The van der Waals surface area contributed by atoms with Gasteiger partial charge in [-0.3, -0.25) is 4.79 Å². The summed E-state index contributed by atoms with van der Waals surface area (Å²) in [5, 5.41) is 13.4. The topological polar surface area (TPSA) is 52.9 Å². The van der Waals surface area contributed by atoms with E-state index in [2.05, 4.69) is 11.4 Å². The normalized spacial score (nSPS) is 21.5. The van der Waals surface area contributed by atoms with Crippen molar-refractivity contribution in [2.45, 2.75) is 25.7 Å². The van der Waals surface area contributed by atoms with E-state index >= 15 is 0 Å². The van der Waals surface area contributed by atoms with Crippen LogP contribution in [0.3, 0.4) is 0 Å². The lowest BCUT2D eigenvalue weighted by molar-refractivity contribution is 0.0947. The molecule has 0 spiro atoms. The molecule has 3 nitrogen and oxygen atoms in total. The Morgan fingerprint density at radius 3 is 2.73 bits per heavy atom. The maximum atomic E-state index is 12.4. The third-order valence-corrected chi connectivity index (χ3v) is 6.00. The van der Waals surface area contributed by atoms with E-state index in [1.54, 1.807) is 0 Å². The molecule has 1 heterocycles. The SMILES string of the molecule is N#CC1CCC(CNC(=O)c2sc3ccccc3c2Cl)CC1. The largest absolute Gasteiger partial charge is 0.351 e. The van der Waals surface area contributed by atoms with Crippen LogP contribution in [0.4, 0.5) is 0 Å². The summed E-state index contributed by atoms with van der Waals surface area (Å²) in [4.78, 5) is 13.0. The summed E-state index contributed by atoms with van der Waals surface area (Å²) in [6.45, 7) is 0.668. The zero-order valence-corrected chi connectivity index (χ0v) is 13.7. The van der Waals surface area contributed by atoms with Crippen LogP contribution in [0.15, 0.2) is 24.3 Å². The van der Waals surface area contributed by atoms with E-state index in [0.29, 0.717) is 22.4 Å². The number of amides is 1. The number of rotatable bonds is 3. The quantitative estimate of drug-likeness (QED) is 0.892. The van der Waals surface area contributed by atoms with Crippen molar-refractivity contribution in [2.24, 2.45) is 11.8 Å². The number of carbonyl (C=O) groups excluding carboxylic acids is 1. The lowest BCUT2D eigenvalue weighted by atomic mass is 9.83. The second-order valence-corrected chi connectivity index (χ2v) is 7.23. The van der Waals surface area contributed by atoms with Crippen molar-refractivity contribution in [2.75, 3.05) is 6.54 Å². The molecule has 1 saturated carbocycles. The molecular formula is C17H17ClN2OS. The van der Waals surface area contributed by atoms with Crippen molar-refractivity contribution >= 4 is 38.9 Å². The molecule has 1 aliphatic rings.